The van der Waals surface area contributed by atoms with E-state index in [4.69, 9.17) is 10.9 Å². The van der Waals surface area contributed by atoms with E-state index in [1.165, 1.54) is 24.3 Å². The van der Waals surface area contributed by atoms with Crippen molar-refractivity contribution in [2.45, 2.75) is 19.0 Å². The summed E-state index contributed by atoms with van der Waals surface area (Å²) in [4.78, 5) is 2.23. The molecular weight excluding hydrogens is 265 g/mol. The zero-order valence-electron chi connectivity index (χ0n) is 10.8. The average molecular weight is 283 g/mol. The third-order valence-electron chi connectivity index (χ3n) is 3.32. The summed E-state index contributed by atoms with van der Waals surface area (Å²) in [6.45, 7) is 0.661. The zero-order chi connectivity index (χ0) is 13.8. The van der Waals surface area contributed by atoms with Gasteiger partial charge < -0.3 is 10.9 Å². The first-order valence-corrected chi connectivity index (χ1v) is 7.31. The molecule has 1 aliphatic heterocycles. The standard InChI is InChI=1S/C13H18FN3OS/c1-17(12-2-3-19-8-12)7-9-4-10(13(15)16-18)6-11(14)5-9/h4-6,12,18H,2-3,7-8H2,1H3,(H2,15,16). The van der Waals surface area contributed by atoms with Gasteiger partial charge in [0.2, 0.25) is 0 Å². The van der Waals surface area contributed by atoms with Gasteiger partial charge in [-0.25, -0.2) is 4.39 Å². The lowest BCUT2D eigenvalue weighted by Crippen LogP contribution is -2.31. The Hall–Kier alpha value is -1.27. The van der Waals surface area contributed by atoms with Crippen molar-refractivity contribution in [3.05, 3.63) is 35.1 Å². The minimum atomic E-state index is -0.367. The maximum Gasteiger partial charge on any atom is 0.170 e. The highest BCUT2D eigenvalue weighted by atomic mass is 32.2. The molecular formula is C13H18FN3OS. The number of thioether (sulfide) groups is 1. The highest BCUT2D eigenvalue weighted by Gasteiger charge is 2.20. The Morgan fingerprint density at radius 1 is 1.58 bits per heavy atom. The number of oxime groups is 1. The number of halogens is 1. The second-order valence-corrected chi connectivity index (χ2v) is 5.92. The lowest BCUT2D eigenvalue weighted by Gasteiger charge is -2.23. The summed E-state index contributed by atoms with van der Waals surface area (Å²) in [7, 11) is 2.05. The van der Waals surface area contributed by atoms with Crippen LogP contribution in [0.15, 0.2) is 23.4 Å². The highest BCUT2D eigenvalue weighted by Crippen LogP contribution is 2.23. The number of hydrogen-bond donors (Lipinski definition) is 2. The van der Waals surface area contributed by atoms with Crippen LogP contribution < -0.4 is 5.73 Å². The van der Waals surface area contributed by atoms with E-state index in [2.05, 4.69) is 10.1 Å². The average Bonchev–Trinajstić information content (AvgIpc) is 2.91. The fourth-order valence-electron chi connectivity index (χ4n) is 2.23. The van der Waals surface area contributed by atoms with Gasteiger partial charge in [0.1, 0.15) is 5.82 Å². The topological polar surface area (TPSA) is 61.8 Å². The van der Waals surface area contributed by atoms with Gasteiger partial charge in [0.25, 0.3) is 0 Å². The fraction of sp³-hybridized carbons (Fsp3) is 0.462. The molecule has 1 aliphatic rings. The van der Waals surface area contributed by atoms with Crippen LogP contribution in [-0.2, 0) is 6.54 Å². The van der Waals surface area contributed by atoms with Crippen LogP contribution >= 0.6 is 11.8 Å². The van der Waals surface area contributed by atoms with E-state index in [-0.39, 0.29) is 11.7 Å². The molecule has 0 bridgehead atoms. The molecule has 0 spiro atoms. The van der Waals surface area contributed by atoms with Gasteiger partial charge in [-0.1, -0.05) is 5.16 Å². The first-order valence-electron chi connectivity index (χ1n) is 6.15. The molecule has 6 heteroatoms. The van der Waals surface area contributed by atoms with Crippen LogP contribution in [0.5, 0.6) is 0 Å². The molecule has 0 radical (unpaired) electrons. The van der Waals surface area contributed by atoms with E-state index >= 15 is 0 Å². The number of benzene rings is 1. The highest BCUT2D eigenvalue weighted by molar-refractivity contribution is 7.99. The fourth-order valence-corrected chi connectivity index (χ4v) is 3.53. The molecule has 1 heterocycles. The van der Waals surface area contributed by atoms with Crippen LogP contribution in [0.1, 0.15) is 17.5 Å². The normalized spacial score (nSPS) is 20.2. The number of nitrogens with zero attached hydrogens (tertiary/aromatic N) is 2. The van der Waals surface area contributed by atoms with Gasteiger partial charge in [-0.05, 0) is 43.0 Å². The number of rotatable bonds is 4. The molecule has 1 atom stereocenters. The van der Waals surface area contributed by atoms with Gasteiger partial charge in [-0.2, -0.15) is 11.8 Å². The molecule has 2 rings (SSSR count). The van der Waals surface area contributed by atoms with Crippen LogP contribution in [0.4, 0.5) is 4.39 Å². The van der Waals surface area contributed by atoms with Gasteiger partial charge in [-0.15, -0.1) is 0 Å². The van der Waals surface area contributed by atoms with Crippen molar-refractivity contribution in [3.63, 3.8) is 0 Å². The molecule has 104 valence electrons. The molecule has 3 N–H and O–H groups in total. The van der Waals surface area contributed by atoms with E-state index in [9.17, 15) is 4.39 Å². The molecule has 19 heavy (non-hydrogen) atoms. The number of amidine groups is 1. The lowest BCUT2D eigenvalue weighted by atomic mass is 10.1. The molecule has 1 aromatic carbocycles. The van der Waals surface area contributed by atoms with Crippen LogP contribution in [0, 0.1) is 5.82 Å². The van der Waals surface area contributed by atoms with Gasteiger partial charge in [0, 0.05) is 23.9 Å². The summed E-state index contributed by atoms with van der Waals surface area (Å²) in [5, 5.41) is 11.6. The first-order chi connectivity index (χ1) is 9.10. The summed E-state index contributed by atoms with van der Waals surface area (Å²) in [6.07, 6.45) is 1.17. The van der Waals surface area contributed by atoms with Crippen LogP contribution in [0.2, 0.25) is 0 Å². The van der Waals surface area contributed by atoms with E-state index in [1.54, 1.807) is 6.07 Å². The third-order valence-corrected chi connectivity index (χ3v) is 4.47. The van der Waals surface area contributed by atoms with Crippen molar-refractivity contribution in [2.75, 3.05) is 18.6 Å². The maximum absolute atomic E-state index is 13.5. The second-order valence-electron chi connectivity index (χ2n) is 4.77. The lowest BCUT2D eigenvalue weighted by molar-refractivity contribution is 0.254. The molecule has 1 saturated heterocycles. The number of nitrogens with two attached hydrogens (primary N) is 1. The Morgan fingerprint density at radius 2 is 2.37 bits per heavy atom. The quantitative estimate of drug-likeness (QED) is 0.383. The van der Waals surface area contributed by atoms with Gasteiger partial charge in [0.05, 0.1) is 0 Å². The molecule has 0 amide bonds. The first kappa shape index (κ1) is 14.1. The zero-order valence-corrected chi connectivity index (χ0v) is 11.7. The molecule has 0 aromatic heterocycles. The number of hydrogen-bond acceptors (Lipinski definition) is 4. The predicted octanol–water partition coefficient (Wildman–Crippen LogP) is 1.86. The van der Waals surface area contributed by atoms with Crippen molar-refractivity contribution in [3.8, 4) is 0 Å². The smallest absolute Gasteiger partial charge is 0.170 e. The van der Waals surface area contributed by atoms with Crippen molar-refractivity contribution in [1.82, 2.24) is 4.90 Å². The van der Waals surface area contributed by atoms with E-state index in [1.807, 2.05) is 18.8 Å². The Morgan fingerprint density at radius 3 is 3.00 bits per heavy atom. The van der Waals surface area contributed by atoms with E-state index in [0.717, 1.165) is 11.3 Å². The Labute approximate surface area is 116 Å². The van der Waals surface area contributed by atoms with Crippen molar-refractivity contribution in [2.24, 2.45) is 10.9 Å². The van der Waals surface area contributed by atoms with Gasteiger partial charge in [0.15, 0.2) is 5.84 Å². The van der Waals surface area contributed by atoms with Crippen molar-refractivity contribution >= 4 is 17.6 Å². The summed E-state index contributed by atoms with van der Waals surface area (Å²) >= 11 is 1.95. The summed E-state index contributed by atoms with van der Waals surface area (Å²) in [6, 6.07) is 5.06. The second kappa shape index (κ2) is 6.25. The Kier molecular flexibility index (Phi) is 4.66. The predicted molar refractivity (Wildman–Crippen MR) is 76.1 cm³/mol. The maximum atomic E-state index is 13.5. The molecule has 0 saturated carbocycles. The largest absolute Gasteiger partial charge is 0.409 e. The van der Waals surface area contributed by atoms with Gasteiger partial charge in [-0.3, -0.25) is 4.90 Å². The SMILES string of the molecule is CN(Cc1cc(F)cc(/C(N)=N/O)c1)C1CCSC1. The van der Waals surface area contributed by atoms with Crippen LogP contribution in [0.3, 0.4) is 0 Å². The van der Waals surface area contributed by atoms with Crippen molar-refractivity contribution < 1.29 is 9.60 Å². The Bertz CT molecular complexity index is 475. The third kappa shape index (κ3) is 3.61. The van der Waals surface area contributed by atoms with Crippen LogP contribution in [-0.4, -0.2) is 40.5 Å². The monoisotopic (exact) mass is 283 g/mol. The summed E-state index contributed by atoms with van der Waals surface area (Å²) in [5.41, 5.74) is 6.74. The van der Waals surface area contributed by atoms with Crippen molar-refractivity contribution in [1.29, 1.82) is 0 Å². The van der Waals surface area contributed by atoms with Gasteiger partial charge >= 0.3 is 0 Å². The molecule has 0 aliphatic carbocycles. The Balaban J connectivity index is 2.13. The van der Waals surface area contributed by atoms with E-state index < -0.39 is 0 Å². The summed E-state index contributed by atoms with van der Waals surface area (Å²) in [5.74, 6) is 1.88. The summed E-state index contributed by atoms with van der Waals surface area (Å²) < 4.78 is 13.5. The molecule has 1 unspecified atom stereocenters. The van der Waals surface area contributed by atoms with E-state index in [0.29, 0.717) is 18.2 Å². The minimum absolute atomic E-state index is 0.0696. The molecule has 4 nitrogen and oxygen atoms in total. The minimum Gasteiger partial charge on any atom is -0.409 e. The molecule has 1 aromatic rings. The molecule has 1 fully saturated rings. The van der Waals surface area contributed by atoms with Crippen LogP contribution in [0.25, 0.3) is 0 Å².